The highest BCUT2D eigenvalue weighted by Crippen LogP contribution is 2.47. The molecule has 0 fully saturated rings. The first-order valence-electron chi connectivity index (χ1n) is 11.1. The zero-order valence-electron chi connectivity index (χ0n) is 18.9. The molecule has 3 aromatic carbocycles. The summed E-state index contributed by atoms with van der Waals surface area (Å²) in [6, 6.07) is 18.6. The van der Waals surface area contributed by atoms with Crippen LogP contribution in [0.2, 0.25) is 5.02 Å². The van der Waals surface area contributed by atoms with Crippen LogP contribution < -0.4 is 20.1 Å². The standard InChI is InChI=1S/C27H25ClN2O4/c1-33-23-10-6-3-7-17(23)15-12-21-25(22(31)13-15)26(30-20-9-5-4-8-19(20)29-21)16-11-18(28)27(32)24(14-16)34-2/h3-11,14-15,26,29-30,32H,12-13H2,1-2H3. The second-order valence-corrected chi connectivity index (χ2v) is 8.87. The molecule has 0 bridgehead atoms. The van der Waals surface area contributed by atoms with E-state index < -0.39 is 6.04 Å². The molecular formula is C27H25ClN2O4. The minimum absolute atomic E-state index is 0.0150. The number of anilines is 2. The first-order valence-corrected chi connectivity index (χ1v) is 11.5. The van der Waals surface area contributed by atoms with Crippen molar-refractivity contribution in [2.45, 2.75) is 24.8 Å². The highest BCUT2D eigenvalue weighted by atomic mass is 35.5. The van der Waals surface area contributed by atoms with Crippen LogP contribution >= 0.6 is 11.6 Å². The number of halogens is 1. The van der Waals surface area contributed by atoms with Crippen LogP contribution in [-0.4, -0.2) is 25.1 Å². The van der Waals surface area contributed by atoms with E-state index in [1.165, 1.54) is 7.11 Å². The Morgan fingerprint density at radius 1 is 0.941 bits per heavy atom. The Morgan fingerprint density at radius 2 is 1.65 bits per heavy atom. The van der Waals surface area contributed by atoms with E-state index in [0.29, 0.717) is 18.4 Å². The van der Waals surface area contributed by atoms with Crippen LogP contribution in [0, 0.1) is 0 Å². The third-order valence-corrected chi connectivity index (χ3v) is 6.78. The molecular weight excluding hydrogens is 452 g/mol. The summed E-state index contributed by atoms with van der Waals surface area (Å²) in [5.41, 5.74) is 5.02. The van der Waals surface area contributed by atoms with E-state index in [2.05, 4.69) is 10.6 Å². The van der Waals surface area contributed by atoms with E-state index in [1.807, 2.05) is 48.5 Å². The predicted octanol–water partition coefficient (Wildman–Crippen LogP) is 6.04. The molecule has 3 N–H and O–H groups in total. The molecule has 1 heterocycles. The van der Waals surface area contributed by atoms with Crippen molar-refractivity contribution in [1.29, 1.82) is 0 Å². The fourth-order valence-electron chi connectivity index (χ4n) is 4.88. The molecule has 0 aromatic heterocycles. The summed E-state index contributed by atoms with van der Waals surface area (Å²) in [5, 5.41) is 17.5. The van der Waals surface area contributed by atoms with Crippen molar-refractivity contribution >= 4 is 28.8 Å². The number of methoxy groups -OCH3 is 2. The number of ketones is 1. The topological polar surface area (TPSA) is 79.8 Å². The lowest BCUT2D eigenvalue weighted by molar-refractivity contribution is -0.116. The van der Waals surface area contributed by atoms with Gasteiger partial charge in [-0.25, -0.2) is 0 Å². The van der Waals surface area contributed by atoms with Crippen molar-refractivity contribution in [3.8, 4) is 17.2 Å². The maximum absolute atomic E-state index is 13.7. The lowest BCUT2D eigenvalue weighted by atomic mass is 9.78. The first-order chi connectivity index (χ1) is 16.5. The molecule has 174 valence electrons. The number of hydrogen-bond acceptors (Lipinski definition) is 6. The second-order valence-electron chi connectivity index (χ2n) is 8.46. The van der Waals surface area contributed by atoms with Gasteiger partial charge in [-0.2, -0.15) is 0 Å². The third-order valence-electron chi connectivity index (χ3n) is 6.49. The number of ether oxygens (including phenoxy) is 2. The van der Waals surface area contributed by atoms with Crippen LogP contribution in [0.25, 0.3) is 0 Å². The number of allylic oxidation sites excluding steroid dienone is 1. The average molecular weight is 477 g/mol. The number of benzene rings is 3. The molecule has 7 heteroatoms. The molecule has 1 aliphatic heterocycles. The second kappa shape index (κ2) is 8.95. The van der Waals surface area contributed by atoms with Crippen molar-refractivity contribution in [3.05, 3.63) is 88.1 Å². The Hall–Kier alpha value is -3.64. The van der Waals surface area contributed by atoms with Gasteiger partial charge in [0.2, 0.25) is 0 Å². The number of phenols is 1. The van der Waals surface area contributed by atoms with Gasteiger partial charge in [-0.15, -0.1) is 0 Å². The zero-order chi connectivity index (χ0) is 23.8. The Morgan fingerprint density at radius 3 is 2.41 bits per heavy atom. The molecule has 3 aromatic rings. The number of carbonyl (C=O) groups is 1. The SMILES string of the molecule is COc1ccccc1C1CC(=O)C2=C(C1)Nc1ccccc1NC2c1cc(Cl)c(O)c(OC)c1. The maximum Gasteiger partial charge on any atom is 0.176 e. The van der Waals surface area contributed by atoms with Crippen molar-refractivity contribution in [2.75, 3.05) is 24.9 Å². The summed E-state index contributed by atoms with van der Waals surface area (Å²) in [4.78, 5) is 13.7. The predicted molar refractivity (Wildman–Crippen MR) is 133 cm³/mol. The molecule has 5 rings (SSSR count). The van der Waals surface area contributed by atoms with Crippen molar-refractivity contribution in [2.24, 2.45) is 0 Å². The van der Waals surface area contributed by atoms with Gasteiger partial charge in [-0.1, -0.05) is 41.9 Å². The lowest BCUT2D eigenvalue weighted by Gasteiger charge is -2.30. The Bertz CT molecular complexity index is 1300. The number of nitrogens with one attached hydrogen (secondary N) is 2. The fourth-order valence-corrected chi connectivity index (χ4v) is 5.10. The summed E-state index contributed by atoms with van der Waals surface area (Å²) in [6.45, 7) is 0. The molecule has 0 radical (unpaired) electrons. The van der Waals surface area contributed by atoms with E-state index in [0.717, 1.165) is 33.9 Å². The largest absolute Gasteiger partial charge is 0.503 e. The van der Waals surface area contributed by atoms with E-state index >= 15 is 0 Å². The van der Waals surface area contributed by atoms with Crippen molar-refractivity contribution in [3.63, 3.8) is 0 Å². The first kappa shape index (κ1) is 22.2. The summed E-state index contributed by atoms with van der Waals surface area (Å²) >= 11 is 6.32. The highest BCUT2D eigenvalue weighted by Gasteiger charge is 2.37. The summed E-state index contributed by atoms with van der Waals surface area (Å²) in [5.74, 6) is 0.938. The summed E-state index contributed by atoms with van der Waals surface area (Å²) < 4.78 is 10.9. The maximum atomic E-state index is 13.7. The molecule has 2 atom stereocenters. The molecule has 2 unspecified atom stereocenters. The van der Waals surface area contributed by atoms with Gasteiger partial charge in [-0.05, 0) is 47.9 Å². The number of carbonyl (C=O) groups excluding carboxylic acids is 1. The Balaban J connectivity index is 1.64. The van der Waals surface area contributed by atoms with Crippen molar-refractivity contribution < 1.29 is 19.4 Å². The van der Waals surface area contributed by atoms with Gasteiger partial charge in [0.05, 0.1) is 36.7 Å². The van der Waals surface area contributed by atoms with Gasteiger partial charge >= 0.3 is 0 Å². The molecule has 34 heavy (non-hydrogen) atoms. The van der Waals surface area contributed by atoms with Gasteiger partial charge in [-0.3, -0.25) is 4.79 Å². The van der Waals surface area contributed by atoms with Crippen LogP contribution in [0.5, 0.6) is 17.2 Å². The summed E-state index contributed by atoms with van der Waals surface area (Å²) in [6.07, 6.45) is 1.01. The number of fused-ring (bicyclic) bond motifs is 1. The Kier molecular flexibility index (Phi) is 5.84. The van der Waals surface area contributed by atoms with Crippen LogP contribution in [0.4, 0.5) is 11.4 Å². The van der Waals surface area contributed by atoms with E-state index in [4.69, 9.17) is 21.1 Å². The summed E-state index contributed by atoms with van der Waals surface area (Å²) in [7, 11) is 3.12. The van der Waals surface area contributed by atoms with Gasteiger partial charge in [0.1, 0.15) is 5.75 Å². The van der Waals surface area contributed by atoms with E-state index in [9.17, 15) is 9.90 Å². The van der Waals surface area contributed by atoms with E-state index in [1.54, 1.807) is 19.2 Å². The van der Waals surface area contributed by atoms with Gasteiger partial charge in [0.15, 0.2) is 17.3 Å². The zero-order valence-corrected chi connectivity index (χ0v) is 19.6. The smallest absolute Gasteiger partial charge is 0.176 e. The monoisotopic (exact) mass is 476 g/mol. The fraction of sp³-hybridized carbons (Fsp3) is 0.222. The minimum atomic E-state index is -0.468. The third kappa shape index (κ3) is 3.84. The lowest BCUT2D eigenvalue weighted by Crippen LogP contribution is -2.27. The number of rotatable bonds is 4. The van der Waals surface area contributed by atoms with Crippen LogP contribution in [0.15, 0.2) is 71.9 Å². The number of para-hydroxylation sites is 3. The van der Waals surface area contributed by atoms with Gasteiger partial charge in [0.25, 0.3) is 0 Å². The molecule has 2 aliphatic rings. The Labute approximate surface area is 203 Å². The minimum Gasteiger partial charge on any atom is -0.503 e. The highest BCUT2D eigenvalue weighted by molar-refractivity contribution is 6.32. The molecule has 0 amide bonds. The molecule has 0 spiro atoms. The van der Waals surface area contributed by atoms with Gasteiger partial charge < -0.3 is 25.2 Å². The molecule has 0 saturated heterocycles. The quantitative estimate of drug-likeness (QED) is 0.426. The van der Waals surface area contributed by atoms with E-state index in [-0.39, 0.29) is 28.2 Å². The molecule has 0 saturated carbocycles. The normalized spacial score (nSPS) is 19.3. The van der Waals surface area contributed by atoms with Crippen molar-refractivity contribution in [1.82, 2.24) is 0 Å². The van der Waals surface area contributed by atoms with Gasteiger partial charge in [0, 0.05) is 23.6 Å². The number of Topliss-reactive ketones (excluding diaryl/α,β-unsaturated/α-hetero) is 1. The van der Waals surface area contributed by atoms with Crippen LogP contribution in [0.1, 0.15) is 35.9 Å². The molecule has 1 aliphatic carbocycles. The number of aromatic hydroxyl groups is 1. The van der Waals surface area contributed by atoms with Crippen LogP contribution in [-0.2, 0) is 4.79 Å². The number of hydrogen-bond donors (Lipinski definition) is 3. The average Bonchev–Trinajstić information content (AvgIpc) is 3.02. The molecule has 6 nitrogen and oxygen atoms in total. The van der Waals surface area contributed by atoms with Crippen LogP contribution in [0.3, 0.4) is 0 Å². The number of phenolic OH excluding ortho intramolecular Hbond substituents is 1.